The first-order valence-electron chi connectivity index (χ1n) is 6.64. The van der Waals surface area contributed by atoms with Crippen molar-refractivity contribution in [2.45, 2.75) is 77.8 Å². The van der Waals surface area contributed by atoms with E-state index in [1.807, 2.05) is 0 Å². The molecule has 16 heavy (non-hydrogen) atoms. The molecular formula is C15H30P+. The summed E-state index contributed by atoms with van der Waals surface area (Å²) in [5.74, 6) is 0. The summed E-state index contributed by atoms with van der Waals surface area (Å²) >= 11 is 0. The largest absolute Gasteiger partial charge is 0.0865 e. The molecule has 0 N–H and O–H groups in total. The summed E-state index contributed by atoms with van der Waals surface area (Å²) in [6, 6.07) is 0. The van der Waals surface area contributed by atoms with E-state index in [1.54, 1.807) is 5.57 Å². The summed E-state index contributed by atoms with van der Waals surface area (Å²) in [5, 5.41) is 0.941. The molecule has 1 heteroatoms. The highest BCUT2D eigenvalue weighted by Gasteiger charge is 2.62. The van der Waals surface area contributed by atoms with Gasteiger partial charge in [0.05, 0.1) is 22.1 Å². The van der Waals surface area contributed by atoms with E-state index < -0.39 is 7.26 Å². The fraction of sp³-hybridized carbons (Fsp3) is 0.867. The van der Waals surface area contributed by atoms with Crippen molar-refractivity contribution in [3.05, 3.63) is 11.6 Å². The number of hydrogen-bond donors (Lipinski definition) is 0. The third-order valence-electron chi connectivity index (χ3n) is 4.47. The zero-order valence-electron chi connectivity index (χ0n) is 12.5. The Kier molecular flexibility index (Phi) is 3.67. The van der Waals surface area contributed by atoms with Gasteiger partial charge >= 0.3 is 0 Å². The van der Waals surface area contributed by atoms with Crippen molar-refractivity contribution in [1.82, 2.24) is 0 Å². The van der Waals surface area contributed by atoms with Crippen LogP contribution in [0.15, 0.2) is 11.6 Å². The molecule has 0 saturated heterocycles. The smallest absolute Gasteiger partial charge is 0.0615 e. The van der Waals surface area contributed by atoms with Crippen LogP contribution >= 0.6 is 7.26 Å². The minimum Gasteiger partial charge on any atom is -0.0615 e. The van der Waals surface area contributed by atoms with Crippen molar-refractivity contribution in [2.24, 2.45) is 0 Å². The van der Waals surface area contributed by atoms with Gasteiger partial charge in [0.25, 0.3) is 0 Å². The van der Waals surface area contributed by atoms with Gasteiger partial charge in [-0.15, -0.1) is 0 Å². The zero-order valence-corrected chi connectivity index (χ0v) is 13.4. The molecule has 0 amide bonds. The van der Waals surface area contributed by atoms with Gasteiger partial charge < -0.3 is 0 Å². The Morgan fingerprint density at radius 1 is 1.12 bits per heavy atom. The molecule has 0 saturated carbocycles. The quantitative estimate of drug-likeness (QED) is 0.429. The third-order valence-corrected chi connectivity index (χ3v) is 11.7. The summed E-state index contributed by atoms with van der Waals surface area (Å²) in [7, 11) is -0.971. The van der Waals surface area contributed by atoms with Crippen LogP contribution in [-0.2, 0) is 0 Å². The maximum Gasteiger partial charge on any atom is 0.0865 e. The van der Waals surface area contributed by atoms with E-state index in [0.717, 1.165) is 5.66 Å². The molecule has 1 unspecified atom stereocenters. The van der Waals surface area contributed by atoms with Gasteiger partial charge in [0.15, 0.2) is 0 Å². The highest BCUT2D eigenvalue weighted by atomic mass is 31.2. The number of rotatable bonds is 1. The molecule has 0 fully saturated rings. The Hall–Kier alpha value is 0.170. The molecule has 0 aliphatic carbocycles. The fourth-order valence-electron chi connectivity index (χ4n) is 3.92. The van der Waals surface area contributed by atoms with E-state index in [4.69, 9.17) is 0 Å². The second-order valence-corrected chi connectivity index (χ2v) is 12.8. The third kappa shape index (κ3) is 1.99. The lowest BCUT2D eigenvalue weighted by Crippen LogP contribution is -2.38. The molecular weight excluding hydrogens is 211 g/mol. The van der Waals surface area contributed by atoms with Crippen molar-refractivity contribution in [3.8, 4) is 0 Å². The summed E-state index contributed by atoms with van der Waals surface area (Å²) in [6.45, 7) is 19.6. The van der Waals surface area contributed by atoms with E-state index in [0.29, 0.717) is 10.3 Å². The van der Waals surface area contributed by atoms with Crippen LogP contribution in [0.25, 0.3) is 0 Å². The van der Waals surface area contributed by atoms with Crippen LogP contribution in [0.5, 0.6) is 0 Å². The van der Waals surface area contributed by atoms with Crippen LogP contribution in [0.4, 0.5) is 0 Å². The molecule has 0 aromatic rings. The van der Waals surface area contributed by atoms with Crippen molar-refractivity contribution in [2.75, 3.05) is 6.16 Å². The predicted octanol–water partition coefficient (Wildman–Crippen LogP) is 5.34. The van der Waals surface area contributed by atoms with Crippen molar-refractivity contribution < 1.29 is 0 Å². The lowest BCUT2D eigenvalue weighted by Gasteiger charge is -2.47. The highest BCUT2D eigenvalue weighted by molar-refractivity contribution is 7.80. The summed E-state index contributed by atoms with van der Waals surface area (Å²) in [4.78, 5) is 0. The average molecular weight is 241 g/mol. The second-order valence-electron chi connectivity index (χ2n) is 7.29. The maximum absolute atomic E-state index is 2.59. The van der Waals surface area contributed by atoms with Crippen LogP contribution in [0, 0.1) is 0 Å². The van der Waals surface area contributed by atoms with Gasteiger partial charge in [-0.3, -0.25) is 0 Å². The van der Waals surface area contributed by atoms with Crippen LogP contribution in [0.2, 0.25) is 0 Å². The summed E-state index contributed by atoms with van der Waals surface area (Å²) < 4.78 is 0. The molecule has 1 heterocycles. The molecule has 1 atom stereocenters. The van der Waals surface area contributed by atoms with Gasteiger partial charge in [0, 0.05) is 7.26 Å². The number of allylic oxidation sites excluding steroid dienone is 2. The normalized spacial score (nSPS) is 25.8. The van der Waals surface area contributed by atoms with Crippen LogP contribution in [0.3, 0.4) is 0 Å². The van der Waals surface area contributed by atoms with Crippen molar-refractivity contribution >= 4 is 7.26 Å². The van der Waals surface area contributed by atoms with Gasteiger partial charge in [-0.05, 0) is 66.5 Å². The van der Waals surface area contributed by atoms with Crippen LogP contribution < -0.4 is 0 Å². The Labute approximate surface area is 103 Å². The van der Waals surface area contributed by atoms with Crippen molar-refractivity contribution in [3.63, 3.8) is 0 Å². The Balaban J connectivity index is 3.22. The molecule has 1 aliphatic rings. The number of hydrogen-bond acceptors (Lipinski definition) is 0. The molecule has 0 bridgehead atoms. The molecule has 0 radical (unpaired) electrons. The molecule has 0 spiro atoms. The molecule has 94 valence electrons. The SMILES string of the molecule is CCC1=CC(C)[P+](C(C)(C)C)(C(C)(C)C)C1. The molecule has 1 rings (SSSR count). The second kappa shape index (κ2) is 4.13. The van der Waals surface area contributed by atoms with Gasteiger partial charge in [0.1, 0.15) is 0 Å². The first kappa shape index (κ1) is 14.2. The van der Waals surface area contributed by atoms with Crippen LogP contribution in [-0.4, -0.2) is 22.1 Å². The standard InChI is InChI=1S/C15H30P/c1-9-13-10-12(2)16(11-13,14(3,4)5)15(6,7)8/h10,12H,9,11H2,1-8H3/q+1. The lowest BCUT2D eigenvalue weighted by atomic mass is 10.2. The van der Waals surface area contributed by atoms with E-state index in [9.17, 15) is 0 Å². The van der Waals surface area contributed by atoms with Gasteiger partial charge in [-0.25, -0.2) is 0 Å². The van der Waals surface area contributed by atoms with E-state index in [2.05, 4.69) is 61.5 Å². The Morgan fingerprint density at radius 3 is 1.75 bits per heavy atom. The van der Waals surface area contributed by atoms with Gasteiger partial charge in [0.2, 0.25) is 0 Å². The molecule has 0 aromatic heterocycles. The van der Waals surface area contributed by atoms with E-state index >= 15 is 0 Å². The first-order valence-corrected chi connectivity index (χ1v) is 8.68. The average Bonchev–Trinajstić information content (AvgIpc) is 2.41. The van der Waals surface area contributed by atoms with E-state index in [1.165, 1.54) is 12.6 Å². The molecule has 1 aliphatic heterocycles. The van der Waals surface area contributed by atoms with Crippen LogP contribution in [0.1, 0.15) is 61.8 Å². The summed E-state index contributed by atoms with van der Waals surface area (Å²) in [6.07, 6.45) is 5.24. The van der Waals surface area contributed by atoms with Gasteiger partial charge in [-0.1, -0.05) is 6.92 Å². The Morgan fingerprint density at radius 2 is 1.56 bits per heavy atom. The fourth-order valence-corrected chi connectivity index (χ4v) is 11.0. The topological polar surface area (TPSA) is 0 Å². The van der Waals surface area contributed by atoms with Crippen molar-refractivity contribution in [1.29, 1.82) is 0 Å². The molecule has 0 nitrogen and oxygen atoms in total. The minimum absolute atomic E-state index is 0.470. The lowest BCUT2D eigenvalue weighted by molar-refractivity contribution is 0.678. The zero-order chi connectivity index (χ0) is 12.8. The summed E-state index contributed by atoms with van der Waals surface area (Å²) in [5.41, 5.74) is 2.52. The Bertz CT molecular complexity index is 272. The minimum atomic E-state index is -0.971. The predicted molar refractivity (Wildman–Crippen MR) is 79.1 cm³/mol. The van der Waals surface area contributed by atoms with E-state index in [-0.39, 0.29) is 0 Å². The highest BCUT2D eigenvalue weighted by Crippen LogP contribution is 2.82. The first-order chi connectivity index (χ1) is 7.06. The monoisotopic (exact) mass is 241 g/mol. The molecule has 0 aromatic carbocycles. The maximum atomic E-state index is 2.59. The van der Waals surface area contributed by atoms with Gasteiger partial charge in [-0.2, -0.15) is 0 Å².